The molecule has 6 heteroatoms. The summed E-state index contributed by atoms with van der Waals surface area (Å²) in [6.07, 6.45) is 5.23. The van der Waals surface area contributed by atoms with Crippen molar-refractivity contribution < 1.29 is 14.2 Å². The van der Waals surface area contributed by atoms with Crippen molar-refractivity contribution in [3.63, 3.8) is 0 Å². The molecule has 4 rings (SSSR count). The molecule has 0 unspecified atom stereocenters. The van der Waals surface area contributed by atoms with Gasteiger partial charge in [-0.2, -0.15) is 0 Å². The van der Waals surface area contributed by atoms with Crippen molar-refractivity contribution in [1.82, 2.24) is 14.9 Å². The van der Waals surface area contributed by atoms with Gasteiger partial charge in [-0.1, -0.05) is 12.1 Å². The Morgan fingerprint density at radius 3 is 2.42 bits per heavy atom. The van der Waals surface area contributed by atoms with E-state index in [0.29, 0.717) is 11.1 Å². The molecule has 0 radical (unpaired) electrons. The summed E-state index contributed by atoms with van der Waals surface area (Å²) in [5.41, 5.74) is 3.68. The Morgan fingerprint density at radius 2 is 1.79 bits per heavy atom. The van der Waals surface area contributed by atoms with Crippen molar-refractivity contribution in [1.29, 1.82) is 0 Å². The number of aromatic amines is 1. The van der Waals surface area contributed by atoms with Gasteiger partial charge in [0, 0.05) is 24.9 Å². The zero-order chi connectivity index (χ0) is 16.7. The van der Waals surface area contributed by atoms with E-state index in [2.05, 4.69) is 9.97 Å². The number of amides is 2. The zero-order valence-electron chi connectivity index (χ0n) is 13.1. The molecule has 0 fully saturated rings. The van der Waals surface area contributed by atoms with Crippen LogP contribution in [0.4, 0.5) is 0 Å². The minimum absolute atomic E-state index is 0.154. The number of imidazole rings is 1. The minimum Gasteiger partial charge on any atom is -0.268 e. The lowest BCUT2D eigenvalue weighted by Gasteiger charge is -2.12. The van der Waals surface area contributed by atoms with Crippen LogP contribution < -0.4 is 4.57 Å². The molecule has 3 heterocycles. The number of aromatic nitrogens is 3. The molecule has 0 saturated carbocycles. The van der Waals surface area contributed by atoms with E-state index in [9.17, 15) is 9.59 Å². The average molecular weight is 319 g/mol. The van der Waals surface area contributed by atoms with Crippen LogP contribution in [0.25, 0.3) is 11.3 Å². The number of benzene rings is 1. The van der Waals surface area contributed by atoms with Crippen molar-refractivity contribution >= 4 is 11.8 Å². The van der Waals surface area contributed by atoms with Crippen molar-refractivity contribution in [3.05, 3.63) is 71.9 Å². The summed E-state index contributed by atoms with van der Waals surface area (Å²) in [6, 6.07) is 10.7. The maximum atomic E-state index is 12.5. The number of pyridine rings is 1. The molecule has 1 aliphatic rings. The van der Waals surface area contributed by atoms with Crippen molar-refractivity contribution in [2.75, 3.05) is 0 Å². The number of imide groups is 1. The van der Waals surface area contributed by atoms with Crippen LogP contribution in [0, 0.1) is 6.92 Å². The highest BCUT2D eigenvalue weighted by Gasteiger charge is 2.37. The number of hydrogen-bond donors (Lipinski definition) is 1. The lowest BCUT2D eigenvalue weighted by atomic mass is 10.1. The second-order valence-corrected chi connectivity index (χ2v) is 5.68. The van der Waals surface area contributed by atoms with E-state index < -0.39 is 0 Å². The van der Waals surface area contributed by atoms with Gasteiger partial charge in [-0.15, -0.1) is 0 Å². The van der Waals surface area contributed by atoms with Crippen LogP contribution in [-0.2, 0) is 6.67 Å². The van der Waals surface area contributed by atoms with Crippen LogP contribution in [0.2, 0.25) is 0 Å². The third-order valence-electron chi connectivity index (χ3n) is 4.19. The van der Waals surface area contributed by atoms with E-state index >= 15 is 0 Å². The van der Waals surface area contributed by atoms with E-state index in [-0.39, 0.29) is 18.5 Å². The molecule has 0 spiro atoms. The van der Waals surface area contributed by atoms with Gasteiger partial charge >= 0.3 is 0 Å². The smallest absolute Gasteiger partial charge is 0.264 e. The van der Waals surface area contributed by atoms with E-state index in [1.54, 1.807) is 43.0 Å². The summed E-state index contributed by atoms with van der Waals surface area (Å²) in [7, 11) is 0. The average Bonchev–Trinajstić information content (AvgIpc) is 3.09. The Morgan fingerprint density at radius 1 is 1.08 bits per heavy atom. The van der Waals surface area contributed by atoms with Gasteiger partial charge in [0.05, 0.1) is 11.1 Å². The second kappa shape index (κ2) is 5.42. The Hall–Kier alpha value is -3.28. The van der Waals surface area contributed by atoms with Crippen LogP contribution in [-0.4, -0.2) is 26.7 Å². The first kappa shape index (κ1) is 14.3. The molecule has 24 heavy (non-hydrogen) atoms. The topological polar surface area (TPSA) is 69.9 Å². The highest BCUT2D eigenvalue weighted by Crippen LogP contribution is 2.23. The zero-order valence-corrected chi connectivity index (χ0v) is 13.1. The van der Waals surface area contributed by atoms with E-state index in [0.717, 1.165) is 17.0 Å². The normalized spacial score (nSPS) is 13.5. The quantitative estimate of drug-likeness (QED) is 0.592. The molecule has 0 bridgehead atoms. The van der Waals surface area contributed by atoms with Gasteiger partial charge in [-0.25, -0.2) is 14.5 Å². The number of nitrogens with zero attached hydrogens (tertiary/aromatic N) is 3. The van der Waals surface area contributed by atoms with Gasteiger partial charge in [0.1, 0.15) is 5.69 Å². The van der Waals surface area contributed by atoms with Crippen molar-refractivity contribution in [2.24, 2.45) is 0 Å². The Balaban J connectivity index is 1.71. The highest BCUT2D eigenvalue weighted by molar-refractivity contribution is 6.21. The summed E-state index contributed by atoms with van der Waals surface area (Å²) in [5, 5.41) is 0. The van der Waals surface area contributed by atoms with Gasteiger partial charge in [-0.3, -0.25) is 14.6 Å². The van der Waals surface area contributed by atoms with Gasteiger partial charge < -0.3 is 0 Å². The molecule has 1 N–H and O–H groups in total. The molecule has 1 aliphatic heterocycles. The van der Waals surface area contributed by atoms with E-state index in [1.165, 1.54) is 4.90 Å². The fourth-order valence-electron chi connectivity index (χ4n) is 3.04. The lowest BCUT2D eigenvalue weighted by Crippen LogP contribution is -2.46. The van der Waals surface area contributed by atoms with E-state index in [1.807, 2.05) is 23.6 Å². The fraction of sp³-hybridized carbons (Fsp3) is 0.111. The summed E-state index contributed by atoms with van der Waals surface area (Å²) >= 11 is 0. The van der Waals surface area contributed by atoms with Crippen molar-refractivity contribution in [2.45, 2.75) is 13.6 Å². The van der Waals surface area contributed by atoms with Crippen LogP contribution in [0.5, 0.6) is 0 Å². The highest BCUT2D eigenvalue weighted by atomic mass is 16.2. The van der Waals surface area contributed by atoms with Gasteiger partial charge in [0.25, 0.3) is 11.8 Å². The standard InChI is InChI=1S/C18H14N4O2/c1-12-16(13-5-4-8-19-9-13)21(10-20-12)11-22-17(23)14-6-2-3-7-15(14)18(22)24/h2-10H,11H2,1H3/p+1. The number of H-pyrrole nitrogens is 1. The molecule has 2 amide bonds. The molecule has 0 aliphatic carbocycles. The SMILES string of the molecule is Cc1[nH]c[n+](CN2C(=O)c3ccccc3C2=O)c1-c1cccnc1. The molecule has 3 aromatic rings. The first-order valence-corrected chi connectivity index (χ1v) is 7.60. The molecule has 118 valence electrons. The predicted octanol–water partition coefficient (Wildman–Crippen LogP) is 1.93. The maximum absolute atomic E-state index is 12.5. The van der Waals surface area contributed by atoms with Crippen LogP contribution >= 0.6 is 0 Å². The third-order valence-corrected chi connectivity index (χ3v) is 4.19. The number of nitrogens with one attached hydrogen (secondary N) is 1. The molecule has 0 atom stereocenters. The Kier molecular flexibility index (Phi) is 3.23. The summed E-state index contributed by atoms with van der Waals surface area (Å²) in [6.45, 7) is 2.10. The molecule has 0 saturated heterocycles. The predicted molar refractivity (Wildman–Crippen MR) is 85.9 cm³/mol. The number of rotatable bonds is 3. The monoisotopic (exact) mass is 319 g/mol. The number of carbonyl (C=O) groups excluding carboxylic acids is 2. The van der Waals surface area contributed by atoms with Gasteiger partial charge in [0.2, 0.25) is 6.33 Å². The van der Waals surface area contributed by atoms with Crippen LogP contribution in [0.1, 0.15) is 26.4 Å². The molecular formula is C18H15N4O2+. The molecule has 6 nitrogen and oxygen atoms in total. The van der Waals surface area contributed by atoms with Crippen LogP contribution in [0.3, 0.4) is 0 Å². The molecular weight excluding hydrogens is 304 g/mol. The number of fused-ring (bicyclic) bond motifs is 1. The van der Waals surface area contributed by atoms with Gasteiger partial charge in [-0.05, 0) is 24.3 Å². The Labute approximate surface area is 138 Å². The van der Waals surface area contributed by atoms with E-state index in [4.69, 9.17) is 0 Å². The summed E-state index contributed by atoms with van der Waals surface area (Å²) in [5.74, 6) is -0.529. The first-order valence-electron chi connectivity index (χ1n) is 7.60. The third kappa shape index (κ3) is 2.11. The minimum atomic E-state index is -0.265. The lowest BCUT2D eigenvalue weighted by molar-refractivity contribution is -0.698. The van der Waals surface area contributed by atoms with Crippen molar-refractivity contribution in [3.8, 4) is 11.3 Å². The van der Waals surface area contributed by atoms with Crippen LogP contribution in [0.15, 0.2) is 55.1 Å². The number of aryl methyl sites for hydroxylation is 1. The van der Waals surface area contributed by atoms with Gasteiger partial charge in [0.15, 0.2) is 12.4 Å². The summed E-state index contributed by atoms with van der Waals surface area (Å²) in [4.78, 5) is 33.6. The molecule has 1 aromatic carbocycles. The number of carbonyl (C=O) groups is 2. The molecule has 2 aromatic heterocycles. The largest absolute Gasteiger partial charge is 0.268 e. The Bertz CT molecular complexity index is 912. The number of hydrogen-bond acceptors (Lipinski definition) is 3. The summed E-state index contributed by atoms with van der Waals surface area (Å²) < 4.78 is 1.86. The fourth-order valence-corrected chi connectivity index (χ4v) is 3.04. The first-order chi connectivity index (χ1) is 11.7. The second-order valence-electron chi connectivity index (χ2n) is 5.68. The maximum Gasteiger partial charge on any atom is 0.264 e.